The van der Waals surface area contributed by atoms with Crippen LogP contribution in [-0.4, -0.2) is 18.6 Å². The zero-order valence-electron chi connectivity index (χ0n) is 18.7. The van der Waals surface area contributed by atoms with E-state index in [2.05, 4.69) is 42.7 Å². The molecule has 1 heterocycles. The van der Waals surface area contributed by atoms with Crippen LogP contribution in [0.3, 0.4) is 0 Å². The third-order valence-corrected chi connectivity index (χ3v) is 5.15. The Balaban J connectivity index is 1.76. The number of hydrogen-bond donors (Lipinski definition) is 2. The van der Waals surface area contributed by atoms with Crippen LogP contribution in [0.2, 0.25) is 0 Å². The van der Waals surface area contributed by atoms with Crippen LogP contribution < -0.4 is 15.4 Å². The van der Waals surface area contributed by atoms with E-state index < -0.39 is 12.0 Å². The summed E-state index contributed by atoms with van der Waals surface area (Å²) in [7, 11) is 0. The highest BCUT2D eigenvalue weighted by Crippen LogP contribution is 2.29. The SMILES string of the molecule is CC1=C(C(=O)OCC(C)C)C(c2ccc(OCc3cc(C)ccc3C)cc2)NC(=O)N1. The molecule has 0 aromatic heterocycles. The van der Waals surface area contributed by atoms with E-state index in [9.17, 15) is 9.59 Å². The summed E-state index contributed by atoms with van der Waals surface area (Å²) < 4.78 is 11.4. The number of nitrogens with one attached hydrogen (secondary N) is 2. The van der Waals surface area contributed by atoms with E-state index in [0.717, 1.165) is 16.9 Å². The van der Waals surface area contributed by atoms with Crippen molar-refractivity contribution in [2.24, 2.45) is 5.92 Å². The molecule has 31 heavy (non-hydrogen) atoms. The average Bonchev–Trinajstić information content (AvgIpc) is 2.72. The van der Waals surface area contributed by atoms with Crippen molar-refractivity contribution < 1.29 is 19.1 Å². The second-order valence-corrected chi connectivity index (χ2v) is 8.35. The van der Waals surface area contributed by atoms with Crippen LogP contribution in [0.1, 0.15) is 49.1 Å². The van der Waals surface area contributed by atoms with Crippen molar-refractivity contribution in [3.05, 3.63) is 76.0 Å². The number of carbonyl (C=O) groups is 2. The molecule has 164 valence electrons. The number of esters is 1. The zero-order valence-corrected chi connectivity index (χ0v) is 18.7. The first kappa shape index (κ1) is 22.4. The topological polar surface area (TPSA) is 76.7 Å². The number of amides is 2. The quantitative estimate of drug-likeness (QED) is 0.634. The predicted molar refractivity (Wildman–Crippen MR) is 120 cm³/mol. The third-order valence-electron chi connectivity index (χ3n) is 5.15. The van der Waals surface area contributed by atoms with Gasteiger partial charge >= 0.3 is 12.0 Å². The molecule has 0 bridgehead atoms. The molecular formula is C25H30N2O4. The van der Waals surface area contributed by atoms with Crippen molar-refractivity contribution in [1.29, 1.82) is 0 Å². The van der Waals surface area contributed by atoms with E-state index in [1.165, 1.54) is 11.1 Å². The number of urea groups is 1. The normalized spacial score (nSPS) is 16.1. The molecule has 2 N–H and O–H groups in total. The summed E-state index contributed by atoms with van der Waals surface area (Å²) in [6.45, 7) is 10.6. The lowest BCUT2D eigenvalue weighted by molar-refractivity contribution is -0.140. The maximum Gasteiger partial charge on any atom is 0.338 e. The van der Waals surface area contributed by atoms with Gasteiger partial charge in [0.25, 0.3) is 0 Å². The molecule has 1 aliphatic heterocycles. The van der Waals surface area contributed by atoms with Crippen LogP contribution in [0.5, 0.6) is 5.75 Å². The second kappa shape index (κ2) is 9.69. The number of allylic oxidation sites excluding steroid dienone is 1. The predicted octanol–water partition coefficient (Wildman–Crippen LogP) is 4.71. The first-order chi connectivity index (χ1) is 14.7. The van der Waals surface area contributed by atoms with Crippen LogP contribution in [0.15, 0.2) is 53.7 Å². The van der Waals surface area contributed by atoms with E-state index in [0.29, 0.717) is 24.5 Å². The van der Waals surface area contributed by atoms with Crippen LogP contribution in [0.4, 0.5) is 4.79 Å². The smallest absolute Gasteiger partial charge is 0.338 e. The molecule has 6 nitrogen and oxygen atoms in total. The lowest BCUT2D eigenvalue weighted by Gasteiger charge is -2.28. The standard InChI is InChI=1S/C25H30N2O4/c1-15(2)13-31-24(28)22-18(5)26-25(29)27-23(22)19-8-10-21(11-9-19)30-14-20-12-16(3)6-7-17(20)4/h6-12,15,23H,13-14H2,1-5H3,(H2,26,27,29). The Morgan fingerprint density at radius 3 is 2.45 bits per heavy atom. The molecule has 0 saturated heterocycles. The molecule has 0 saturated carbocycles. The molecule has 1 unspecified atom stereocenters. The van der Waals surface area contributed by atoms with Gasteiger partial charge in [0.2, 0.25) is 0 Å². The molecule has 3 rings (SSSR count). The Morgan fingerprint density at radius 2 is 1.77 bits per heavy atom. The fraction of sp³-hybridized carbons (Fsp3) is 0.360. The minimum Gasteiger partial charge on any atom is -0.489 e. The highest BCUT2D eigenvalue weighted by molar-refractivity contribution is 5.95. The van der Waals surface area contributed by atoms with Gasteiger partial charge < -0.3 is 20.1 Å². The average molecular weight is 423 g/mol. The van der Waals surface area contributed by atoms with Gasteiger partial charge in [-0.25, -0.2) is 9.59 Å². The van der Waals surface area contributed by atoms with Crippen LogP contribution >= 0.6 is 0 Å². The molecule has 2 amide bonds. The van der Waals surface area contributed by atoms with Crippen molar-refractivity contribution in [2.75, 3.05) is 6.61 Å². The number of aryl methyl sites for hydroxylation is 2. The Morgan fingerprint density at radius 1 is 1.06 bits per heavy atom. The van der Waals surface area contributed by atoms with Crippen molar-refractivity contribution in [3.8, 4) is 5.75 Å². The first-order valence-electron chi connectivity index (χ1n) is 10.5. The highest BCUT2D eigenvalue weighted by atomic mass is 16.5. The number of ether oxygens (including phenoxy) is 2. The van der Waals surface area contributed by atoms with E-state index in [-0.39, 0.29) is 11.9 Å². The number of rotatable bonds is 7. The maximum atomic E-state index is 12.7. The minimum atomic E-state index is -0.582. The molecule has 6 heteroatoms. The molecule has 1 atom stereocenters. The highest BCUT2D eigenvalue weighted by Gasteiger charge is 2.32. The van der Waals surface area contributed by atoms with Gasteiger partial charge in [0, 0.05) is 5.70 Å². The summed E-state index contributed by atoms with van der Waals surface area (Å²) in [5.41, 5.74) is 5.21. The largest absolute Gasteiger partial charge is 0.489 e. The van der Waals surface area contributed by atoms with Gasteiger partial charge in [-0.1, -0.05) is 49.7 Å². The van der Waals surface area contributed by atoms with E-state index >= 15 is 0 Å². The maximum absolute atomic E-state index is 12.7. The fourth-order valence-corrected chi connectivity index (χ4v) is 3.41. The molecule has 2 aromatic rings. The monoisotopic (exact) mass is 422 g/mol. The lowest BCUT2D eigenvalue weighted by atomic mass is 9.95. The summed E-state index contributed by atoms with van der Waals surface area (Å²) >= 11 is 0. The van der Waals surface area contributed by atoms with Gasteiger partial charge in [0.05, 0.1) is 18.2 Å². The zero-order chi connectivity index (χ0) is 22.5. The van der Waals surface area contributed by atoms with E-state index in [1.807, 2.05) is 38.1 Å². The van der Waals surface area contributed by atoms with Crippen LogP contribution in [0.25, 0.3) is 0 Å². The number of benzene rings is 2. The van der Waals surface area contributed by atoms with Crippen molar-refractivity contribution in [2.45, 2.75) is 47.3 Å². The van der Waals surface area contributed by atoms with Gasteiger partial charge in [-0.2, -0.15) is 0 Å². The van der Waals surface area contributed by atoms with Crippen molar-refractivity contribution >= 4 is 12.0 Å². The van der Waals surface area contributed by atoms with Crippen molar-refractivity contribution in [1.82, 2.24) is 10.6 Å². The fourth-order valence-electron chi connectivity index (χ4n) is 3.41. The first-order valence-corrected chi connectivity index (χ1v) is 10.5. The molecule has 0 aliphatic carbocycles. The summed E-state index contributed by atoms with van der Waals surface area (Å²) in [5.74, 6) is 0.511. The third kappa shape index (κ3) is 5.66. The summed E-state index contributed by atoms with van der Waals surface area (Å²) in [5, 5.41) is 5.48. The van der Waals surface area contributed by atoms with Gasteiger partial charge in [0.1, 0.15) is 12.4 Å². The Kier molecular flexibility index (Phi) is 7.00. The molecule has 1 aliphatic rings. The van der Waals surface area contributed by atoms with Crippen LogP contribution in [0, 0.1) is 19.8 Å². The minimum absolute atomic E-state index is 0.225. The second-order valence-electron chi connectivity index (χ2n) is 8.35. The van der Waals surface area contributed by atoms with Gasteiger partial charge in [-0.05, 0) is 55.5 Å². The van der Waals surface area contributed by atoms with Gasteiger partial charge in [-0.15, -0.1) is 0 Å². The Bertz CT molecular complexity index is 993. The summed E-state index contributed by atoms with van der Waals surface area (Å²) in [4.78, 5) is 24.7. The molecule has 2 aromatic carbocycles. The molecule has 0 spiro atoms. The van der Waals surface area contributed by atoms with Crippen molar-refractivity contribution in [3.63, 3.8) is 0 Å². The lowest BCUT2D eigenvalue weighted by Crippen LogP contribution is -2.45. The molecule has 0 fully saturated rings. The van der Waals surface area contributed by atoms with Gasteiger partial charge in [-0.3, -0.25) is 0 Å². The summed E-state index contributed by atoms with van der Waals surface area (Å²) in [6.07, 6.45) is 0. The number of hydrogen-bond acceptors (Lipinski definition) is 4. The summed E-state index contributed by atoms with van der Waals surface area (Å²) in [6, 6.07) is 12.8. The van der Waals surface area contributed by atoms with Crippen LogP contribution in [-0.2, 0) is 16.1 Å². The van der Waals surface area contributed by atoms with E-state index in [4.69, 9.17) is 9.47 Å². The van der Waals surface area contributed by atoms with E-state index in [1.54, 1.807) is 6.92 Å². The number of carbonyl (C=O) groups excluding carboxylic acids is 2. The Hall–Kier alpha value is -3.28. The van der Waals surface area contributed by atoms with Gasteiger partial charge in [0.15, 0.2) is 0 Å². The molecular weight excluding hydrogens is 392 g/mol. The molecule has 0 radical (unpaired) electrons. The Labute approximate surface area is 183 Å².